The summed E-state index contributed by atoms with van der Waals surface area (Å²) < 4.78 is 0. The predicted octanol–water partition coefficient (Wildman–Crippen LogP) is 2.59. The van der Waals surface area contributed by atoms with Gasteiger partial charge in [-0.25, -0.2) is 4.98 Å². The monoisotopic (exact) mass is 273 g/mol. The molecule has 0 unspecified atom stereocenters. The van der Waals surface area contributed by atoms with Crippen LogP contribution in [-0.2, 0) is 11.8 Å². The molecule has 0 atom stereocenters. The minimum atomic E-state index is 0.357. The van der Waals surface area contributed by atoms with Gasteiger partial charge >= 0.3 is 0 Å². The Hall–Kier alpha value is -1.39. The van der Waals surface area contributed by atoms with E-state index in [-0.39, 0.29) is 0 Å². The van der Waals surface area contributed by atoms with Crippen molar-refractivity contribution >= 4 is 17.0 Å². The smallest absolute Gasteiger partial charge is 0.0794 e. The molecule has 1 aromatic carbocycles. The van der Waals surface area contributed by atoms with Crippen LogP contribution >= 0.6 is 11.3 Å². The van der Waals surface area contributed by atoms with Crippen molar-refractivity contribution in [2.75, 3.05) is 18.8 Å². The van der Waals surface area contributed by atoms with Gasteiger partial charge in [-0.15, -0.1) is 11.3 Å². The number of anilines is 1. The van der Waals surface area contributed by atoms with Gasteiger partial charge in [0.25, 0.3) is 0 Å². The molecule has 0 bridgehead atoms. The number of nitrogens with zero attached hydrogens (tertiary/aromatic N) is 1. The lowest BCUT2D eigenvalue weighted by Crippen LogP contribution is -2.28. The van der Waals surface area contributed by atoms with E-state index in [0.717, 1.165) is 25.2 Å². The first-order valence-corrected chi connectivity index (χ1v) is 7.67. The number of thiazole rings is 1. The van der Waals surface area contributed by atoms with Crippen molar-refractivity contribution in [2.45, 2.75) is 24.7 Å². The van der Waals surface area contributed by atoms with E-state index in [2.05, 4.69) is 27.8 Å². The molecule has 3 rings (SSSR count). The number of nitrogens with one attached hydrogen (secondary N) is 1. The number of rotatable bonds is 6. The Bertz CT molecular complexity index is 515. The van der Waals surface area contributed by atoms with Crippen LogP contribution in [0, 0.1) is 0 Å². The lowest BCUT2D eigenvalue weighted by molar-refractivity contribution is 0.574. The summed E-state index contributed by atoms with van der Waals surface area (Å²) in [5, 5.41) is 5.69. The number of aromatic nitrogens is 1. The molecule has 3 N–H and O–H groups in total. The van der Waals surface area contributed by atoms with E-state index in [1.807, 2.05) is 17.6 Å². The first kappa shape index (κ1) is 12.6. The molecule has 0 spiro atoms. The van der Waals surface area contributed by atoms with Crippen LogP contribution in [0.15, 0.2) is 35.2 Å². The molecule has 0 radical (unpaired) electrons. The standard InChI is InChI=1S/C15H19N3S/c16-13-3-1-12(2-4-13)15(6-7-15)10-17-8-5-14-9-19-11-18-14/h1-4,9,11,17H,5-8,10,16H2. The zero-order valence-electron chi connectivity index (χ0n) is 10.9. The fourth-order valence-corrected chi connectivity index (χ4v) is 3.05. The van der Waals surface area contributed by atoms with Crippen LogP contribution in [0.25, 0.3) is 0 Å². The highest BCUT2D eigenvalue weighted by Gasteiger charge is 2.43. The molecule has 1 aliphatic carbocycles. The number of nitrogen functional groups attached to an aromatic ring is 1. The quantitative estimate of drug-likeness (QED) is 0.628. The molecule has 1 aromatic heterocycles. The zero-order valence-corrected chi connectivity index (χ0v) is 11.7. The van der Waals surface area contributed by atoms with Gasteiger partial charge in [0, 0.05) is 36.0 Å². The number of nitrogens with two attached hydrogens (primary N) is 1. The Kier molecular flexibility index (Phi) is 3.53. The third-order valence-corrected chi connectivity index (χ3v) is 4.52. The Labute approximate surface area is 117 Å². The highest BCUT2D eigenvalue weighted by Crippen LogP contribution is 2.47. The molecular formula is C15H19N3S. The van der Waals surface area contributed by atoms with Crippen LogP contribution in [0.5, 0.6) is 0 Å². The SMILES string of the molecule is Nc1ccc(C2(CNCCc3cscn3)CC2)cc1. The molecule has 1 aliphatic rings. The Morgan fingerprint density at radius 3 is 2.68 bits per heavy atom. The van der Waals surface area contributed by atoms with Crippen LogP contribution in [0.3, 0.4) is 0 Å². The molecular weight excluding hydrogens is 254 g/mol. The van der Waals surface area contributed by atoms with Gasteiger partial charge in [0.1, 0.15) is 0 Å². The van der Waals surface area contributed by atoms with Gasteiger partial charge in [-0.3, -0.25) is 0 Å². The normalized spacial score (nSPS) is 16.4. The lowest BCUT2D eigenvalue weighted by Gasteiger charge is -2.16. The average molecular weight is 273 g/mol. The van der Waals surface area contributed by atoms with E-state index < -0.39 is 0 Å². The second-order valence-corrected chi connectivity index (χ2v) is 6.03. The van der Waals surface area contributed by atoms with Crippen molar-refractivity contribution in [3.8, 4) is 0 Å². The number of hydrogen-bond donors (Lipinski definition) is 2. The minimum absolute atomic E-state index is 0.357. The molecule has 1 fully saturated rings. The summed E-state index contributed by atoms with van der Waals surface area (Å²) in [6, 6.07) is 8.35. The third-order valence-electron chi connectivity index (χ3n) is 3.88. The third kappa shape index (κ3) is 2.96. The van der Waals surface area contributed by atoms with Gasteiger partial charge in [0.05, 0.1) is 11.2 Å². The Balaban J connectivity index is 1.50. The maximum absolute atomic E-state index is 5.74. The van der Waals surface area contributed by atoms with Crippen LogP contribution in [-0.4, -0.2) is 18.1 Å². The molecule has 1 saturated carbocycles. The zero-order chi connectivity index (χ0) is 13.1. The molecule has 4 heteroatoms. The molecule has 19 heavy (non-hydrogen) atoms. The summed E-state index contributed by atoms with van der Waals surface area (Å²) in [5.41, 5.74) is 11.4. The van der Waals surface area contributed by atoms with Crippen LogP contribution in [0.2, 0.25) is 0 Å². The molecule has 0 saturated heterocycles. The number of benzene rings is 1. The fraction of sp³-hybridized carbons (Fsp3) is 0.400. The van der Waals surface area contributed by atoms with Crippen LogP contribution in [0.1, 0.15) is 24.1 Å². The maximum Gasteiger partial charge on any atom is 0.0794 e. The Morgan fingerprint density at radius 2 is 2.05 bits per heavy atom. The van der Waals surface area contributed by atoms with Crippen molar-refractivity contribution in [1.82, 2.24) is 10.3 Å². The van der Waals surface area contributed by atoms with E-state index in [1.54, 1.807) is 11.3 Å². The predicted molar refractivity (Wildman–Crippen MR) is 80.5 cm³/mol. The fourth-order valence-electron chi connectivity index (χ4n) is 2.46. The van der Waals surface area contributed by atoms with Crippen molar-refractivity contribution in [3.63, 3.8) is 0 Å². The van der Waals surface area contributed by atoms with Gasteiger partial charge < -0.3 is 11.1 Å². The average Bonchev–Trinajstić information content (AvgIpc) is 3.03. The topological polar surface area (TPSA) is 50.9 Å². The summed E-state index contributed by atoms with van der Waals surface area (Å²) in [4.78, 5) is 4.30. The van der Waals surface area contributed by atoms with Gasteiger partial charge in [0.15, 0.2) is 0 Å². The van der Waals surface area contributed by atoms with Gasteiger partial charge in [-0.2, -0.15) is 0 Å². The summed E-state index contributed by atoms with van der Waals surface area (Å²) in [7, 11) is 0. The Morgan fingerprint density at radius 1 is 1.26 bits per heavy atom. The van der Waals surface area contributed by atoms with Gasteiger partial charge in [-0.05, 0) is 30.5 Å². The van der Waals surface area contributed by atoms with E-state index in [1.165, 1.54) is 24.1 Å². The first-order chi connectivity index (χ1) is 9.28. The van der Waals surface area contributed by atoms with Crippen molar-refractivity contribution in [3.05, 3.63) is 46.4 Å². The minimum Gasteiger partial charge on any atom is -0.399 e. The molecule has 0 aliphatic heterocycles. The van der Waals surface area contributed by atoms with Gasteiger partial charge in [-0.1, -0.05) is 12.1 Å². The summed E-state index contributed by atoms with van der Waals surface area (Å²) in [6.45, 7) is 2.06. The van der Waals surface area contributed by atoms with Crippen molar-refractivity contribution < 1.29 is 0 Å². The van der Waals surface area contributed by atoms with Crippen LogP contribution in [0.4, 0.5) is 5.69 Å². The first-order valence-electron chi connectivity index (χ1n) is 6.72. The summed E-state index contributed by atoms with van der Waals surface area (Å²) in [6.07, 6.45) is 3.57. The van der Waals surface area contributed by atoms with Crippen molar-refractivity contribution in [2.24, 2.45) is 0 Å². The van der Waals surface area contributed by atoms with E-state index in [9.17, 15) is 0 Å². The second-order valence-electron chi connectivity index (χ2n) is 5.31. The highest BCUT2D eigenvalue weighted by atomic mass is 32.1. The second kappa shape index (κ2) is 5.31. The molecule has 1 heterocycles. The van der Waals surface area contributed by atoms with E-state index >= 15 is 0 Å². The molecule has 100 valence electrons. The summed E-state index contributed by atoms with van der Waals surface area (Å²) >= 11 is 1.66. The van der Waals surface area contributed by atoms with Crippen LogP contribution < -0.4 is 11.1 Å². The lowest BCUT2D eigenvalue weighted by atomic mass is 9.95. The molecule has 3 nitrogen and oxygen atoms in total. The number of hydrogen-bond acceptors (Lipinski definition) is 4. The van der Waals surface area contributed by atoms with E-state index in [0.29, 0.717) is 5.41 Å². The molecule has 2 aromatic rings. The maximum atomic E-state index is 5.74. The van der Waals surface area contributed by atoms with Gasteiger partial charge in [0.2, 0.25) is 0 Å². The largest absolute Gasteiger partial charge is 0.399 e. The van der Waals surface area contributed by atoms with E-state index in [4.69, 9.17) is 5.73 Å². The summed E-state index contributed by atoms with van der Waals surface area (Å²) in [5.74, 6) is 0. The molecule has 0 amide bonds. The van der Waals surface area contributed by atoms with Crippen molar-refractivity contribution in [1.29, 1.82) is 0 Å². The highest BCUT2D eigenvalue weighted by molar-refractivity contribution is 7.07.